The second-order valence-corrected chi connectivity index (χ2v) is 5.04. The molecule has 2 N–H and O–H groups in total. The maximum atomic E-state index is 12.3. The molecule has 2 heterocycles. The Labute approximate surface area is 123 Å². The highest BCUT2D eigenvalue weighted by atomic mass is 79.9. The van der Waals surface area contributed by atoms with Gasteiger partial charge in [0.1, 0.15) is 5.69 Å². The van der Waals surface area contributed by atoms with Gasteiger partial charge < -0.3 is 10.4 Å². The van der Waals surface area contributed by atoms with Gasteiger partial charge in [-0.2, -0.15) is 0 Å². The summed E-state index contributed by atoms with van der Waals surface area (Å²) in [5, 5.41) is 16.1. The summed E-state index contributed by atoms with van der Waals surface area (Å²) in [5.41, 5.74) is 1.76. The van der Waals surface area contributed by atoms with Gasteiger partial charge in [-0.05, 0) is 46.3 Å². The fraction of sp³-hybridized carbons (Fsp3) is 0. The third kappa shape index (κ3) is 2.25. The van der Waals surface area contributed by atoms with Crippen LogP contribution in [-0.2, 0) is 0 Å². The smallest absolute Gasteiger partial charge is 0.274 e. The molecule has 0 atom stereocenters. The summed E-state index contributed by atoms with van der Waals surface area (Å²) in [6.07, 6.45) is 0. The van der Waals surface area contributed by atoms with Gasteiger partial charge in [0, 0.05) is 10.5 Å². The minimum absolute atomic E-state index is 0.136. The number of rotatable bonds is 2. The number of para-hydroxylation sites is 1. The van der Waals surface area contributed by atoms with Crippen LogP contribution >= 0.6 is 15.9 Å². The third-order valence-electron chi connectivity index (χ3n) is 2.85. The lowest BCUT2D eigenvalue weighted by atomic mass is 10.3. The molecular weight excluding hydrogens is 322 g/mol. The van der Waals surface area contributed by atoms with E-state index in [1.807, 2.05) is 18.2 Å². The fourth-order valence-electron chi connectivity index (χ4n) is 1.90. The summed E-state index contributed by atoms with van der Waals surface area (Å²) in [5.74, 6) is -0.432. The van der Waals surface area contributed by atoms with Gasteiger partial charge in [0.25, 0.3) is 5.91 Å². The van der Waals surface area contributed by atoms with Crippen molar-refractivity contribution in [3.8, 4) is 5.88 Å². The molecular formula is C14H10BrN3O2. The van der Waals surface area contributed by atoms with Crippen molar-refractivity contribution in [1.29, 1.82) is 0 Å². The lowest BCUT2D eigenvalue weighted by Crippen LogP contribution is -2.15. The van der Waals surface area contributed by atoms with E-state index in [0.29, 0.717) is 11.4 Å². The van der Waals surface area contributed by atoms with E-state index in [0.717, 1.165) is 9.99 Å². The molecule has 0 unspecified atom stereocenters. The van der Waals surface area contributed by atoms with Gasteiger partial charge in [0.2, 0.25) is 5.88 Å². The fourth-order valence-corrected chi connectivity index (χ4v) is 2.28. The first-order valence-corrected chi connectivity index (χ1v) is 6.68. The van der Waals surface area contributed by atoms with E-state index in [1.54, 1.807) is 24.3 Å². The highest BCUT2D eigenvalue weighted by Crippen LogP contribution is 2.22. The molecule has 0 aliphatic rings. The summed E-state index contributed by atoms with van der Waals surface area (Å²) in [6.45, 7) is 0. The van der Waals surface area contributed by atoms with E-state index in [1.165, 1.54) is 10.6 Å². The zero-order chi connectivity index (χ0) is 14.1. The average molecular weight is 332 g/mol. The minimum Gasteiger partial charge on any atom is -0.492 e. The van der Waals surface area contributed by atoms with Crippen LogP contribution in [0, 0.1) is 0 Å². The van der Waals surface area contributed by atoms with Crippen molar-refractivity contribution in [3.05, 3.63) is 58.7 Å². The van der Waals surface area contributed by atoms with Gasteiger partial charge >= 0.3 is 0 Å². The number of benzene rings is 1. The quantitative estimate of drug-likeness (QED) is 0.758. The number of carbonyl (C=O) groups excluding carboxylic acids is 1. The van der Waals surface area contributed by atoms with Crippen molar-refractivity contribution < 1.29 is 9.90 Å². The lowest BCUT2D eigenvalue weighted by Gasteiger charge is -2.07. The predicted molar refractivity (Wildman–Crippen MR) is 79.0 cm³/mol. The largest absolute Gasteiger partial charge is 0.492 e. The van der Waals surface area contributed by atoms with Crippen molar-refractivity contribution in [2.24, 2.45) is 0 Å². The molecule has 1 aromatic carbocycles. The zero-order valence-electron chi connectivity index (χ0n) is 10.2. The van der Waals surface area contributed by atoms with Crippen LogP contribution in [0.4, 0.5) is 5.69 Å². The first-order valence-electron chi connectivity index (χ1n) is 5.89. The van der Waals surface area contributed by atoms with E-state index >= 15 is 0 Å². The molecule has 0 radical (unpaired) electrons. The third-order valence-corrected chi connectivity index (χ3v) is 3.54. The maximum Gasteiger partial charge on any atom is 0.274 e. The Bertz CT molecular complexity index is 798. The SMILES string of the molecule is O=C(Nc1ccccc1Br)c1ccc2ccc(O)nn12. The van der Waals surface area contributed by atoms with Gasteiger partial charge in [-0.3, -0.25) is 4.79 Å². The standard InChI is InChI=1S/C14H10BrN3O2/c15-10-3-1-2-4-11(10)16-14(20)12-7-5-9-6-8-13(19)17-18(9)12/h1-8H,(H,16,20)(H,17,19). The molecule has 3 aromatic rings. The Morgan fingerprint density at radius 3 is 2.70 bits per heavy atom. The number of nitrogens with zero attached hydrogens (tertiary/aromatic N) is 2. The summed E-state index contributed by atoms with van der Waals surface area (Å²) in [6, 6.07) is 13.9. The number of halogens is 1. The molecule has 6 heteroatoms. The monoisotopic (exact) mass is 331 g/mol. The van der Waals surface area contributed by atoms with Crippen LogP contribution in [0.1, 0.15) is 10.5 Å². The molecule has 2 aromatic heterocycles. The van der Waals surface area contributed by atoms with Gasteiger partial charge in [0.05, 0.1) is 11.2 Å². The number of fused-ring (bicyclic) bond motifs is 1. The van der Waals surface area contributed by atoms with Crippen molar-refractivity contribution in [1.82, 2.24) is 9.61 Å². The Balaban J connectivity index is 1.97. The van der Waals surface area contributed by atoms with Crippen molar-refractivity contribution in [2.45, 2.75) is 0 Å². The Kier molecular flexibility index (Phi) is 3.15. The summed E-state index contributed by atoms with van der Waals surface area (Å²) in [4.78, 5) is 12.3. The van der Waals surface area contributed by atoms with Crippen molar-refractivity contribution in [2.75, 3.05) is 5.32 Å². The Morgan fingerprint density at radius 1 is 1.15 bits per heavy atom. The second kappa shape index (κ2) is 4.97. The number of carbonyl (C=O) groups is 1. The molecule has 0 bridgehead atoms. The van der Waals surface area contributed by atoms with Crippen LogP contribution < -0.4 is 5.32 Å². The van der Waals surface area contributed by atoms with E-state index in [2.05, 4.69) is 26.3 Å². The van der Waals surface area contributed by atoms with E-state index < -0.39 is 0 Å². The van der Waals surface area contributed by atoms with Crippen LogP contribution in [0.5, 0.6) is 5.88 Å². The number of aromatic nitrogens is 2. The van der Waals surface area contributed by atoms with Crippen molar-refractivity contribution in [3.63, 3.8) is 0 Å². The predicted octanol–water partition coefficient (Wildman–Crippen LogP) is 3.05. The Morgan fingerprint density at radius 2 is 1.90 bits per heavy atom. The molecule has 3 rings (SSSR count). The number of nitrogens with one attached hydrogen (secondary N) is 1. The molecule has 0 aliphatic heterocycles. The summed E-state index contributed by atoms with van der Waals surface area (Å²) >= 11 is 3.37. The summed E-state index contributed by atoms with van der Waals surface area (Å²) in [7, 11) is 0. The molecule has 0 fully saturated rings. The topological polar surface area (TPSA) is 66.6 Å². The summed E-state index contributed by atoms with van der Waals surface area (Å²) < 4.78 is 2.20. The maximum absolute atomic E-state index is 12.3. The number of hydrogen-bond acceptors (Lipinski definition) is 3. The normalized spacial score (nSPS) is 10.7. The number of amides is 1. The van der Waals surface area contributed by atoms with Crippen LogP contribution in [-0.4, -0.2) is 20.6 Å². The molecule has 0 saturated carbocycles. The van der Waals surface area contributed by atoms with Gasteiger partial charge in [-0.15, -0.1) is 5.10 Å². The highest BCUT2D eigenvalue weighted by molar-refractivity contribution is 9.10. The zero-order valence-corrected chi connectivity index (χ0v) is 11.8. The van der Waals surface area contributed by atoms with Crippen LogP contribution in [0.2, 0.25) is 0 Å². The van der Waals surface area contributed by atoms with E-state index in [9.17, 15) is 9.90 Å². The number of aromatic hydroxyl groups is 1. The number of anilines is 1. The van der Waals surface area contributed by atoms with Gasteiger partial charge in [-0.25, -0.2) is 4.52 Å². The lowest BCUT2D eigenvalue weighted by molar-refractivity contribution is 0.102. The molecule has 0 spiro atoms. The van der Waals surface area contributed by atoms with E-state index in [4.69, 9.17) is 0 Å². The van der Waals surface area contributed by atoms with Crippen molar-refractivity contribution >= 4 is 33.0 Å². The second-order valence-electron chi connectivity index (χ2n) is 4.18. The average Bonchev–Trinajstić information content (AvgIpc) is 2.84. The van der Waals surface area contributed by atoms with Crippen LogP contribution in [0.15, 0.2) is 53.0 Å². The van der Waals surface area contributed by atoms with Gasteiger partial charge in [0.15, 0.2) is 0 Å². The first kappa shape index (κ1) is 12.7. The number of hydrogen-bond donors (Lipinski definition) is 2. The molecule has 100 valence electrons. The molecule has 5 nitrogen and oxygen atoms in total. The molecule has 20 heavy (non-hydrogen) atoms. The van der Waals surface area contributed by atoms with Crippen LogP contribution in [0.3, 0.4) is 0 Å². The minimum atomic E-state index is -0.296. The van der Waals surface area contributed by atoms with Gasteiger partial charge in [-0.1, -0.05) is 12.1 Å². The molecule has 0 aliphatic carbocycles. The first-order chi connectivity index (χ1) is 9.65. The molecule has 1 amide bonds. The Hall–Kier alpha value is -2.34. The molecule has 0 saturated heterocycles. The van der Waals surface area contributed by atoms with Crippen LogP contribution in [0.25, 0.3) is 5.52 Å². The highest BCUT2D eigenvalue weighted by Gasteiger charge is 2.13. The van der Waals surface area contributed by atoms with E-state index in [-0.39, 0.29) is 11.8 Å².